The molecule has 0 aliphatic rings. The van der Waals surface area contributed by atoms with E-state index in [1.54, 1.807) is 12.1 Å². The van der Waals surface area contributed by atoms with Crippen LogP contribution in [0.25, 0.3) is 10.6 Å². The number of nitrogens with zero attached hydrogens (tertiary/aromatic N) is 1. The highest BCUT2D eigenvalue weighted by molar-refractivity contribution is 7.13. The average molecular weight is 299 g/mol. The van der Waals surface area contributed by atoms with Gasteiger partial charge in [0.2, 0.25) is 0 Å². The van der Waals surface area contributed by atoms with Crippen molar-refractivity contribution in [2.24, 2.45) is 0 Å². The van der Waals surface area contributed by atoms with Crippen LogP contribution < -0.4 is 4.74 Å². The van der Waals surface area contributed by atoms with Gasteiger partial charge in [-0.25, -0.2) is 9.37 Å². The molecule has 0 atom stereocenters. The number of benzene rings is 2. The summed E-state index contributed by atoms with van der Waals surface area (Å²) in [6, 6.07) is 14.3. The molecule has 0 spiro atoms. The van der Waals surface area contributed by atoms with Crippen molar-refractivity contribution < 1.29 is 9.13 Å². The summed E-state index contributed by atoms with van der Waals surface area (Å²) in [5, 5.41) is 2.84. The lowest BCUT2D eigenvalue weighted by atomic mass is 10.2. The first-order valence-corrected chi connectivity index (χ1v) is 7.48. The molecule has 0 aliphatic heterocycles. The fraction of sp³-hybridized carbons (Fsp3) is 0.118. The highest BCUT2D eigenvalue weighted by atomic mass is 32.1. The summed E-state index contributed by atoms with van der Waals surface area (Å²) in [5.74, 6) is 0.593. The summed E-state index contributed by atoms with van der Waals surface area (Å²) >= 11 is 1.53. The van der Waals surface area contributed by atoms with Crippen molar-refractivity contribution in [1.29, 1.82) is 0 Å². The number of halogens is 1. The molecule has 0 bridgehead atoms. The van der Waals surface area contributed by atoms with Gasteiger partial charge in [0, 0.05) is 10.9 Å². The van der Waals surface area contributed by atoms with Crippen LogP contribution in [0, 0.1) is 12.7 Å². The Hall–Kier alpha value is -2.20. The quantitative estimate of drug-likeness (QED) is 0.688. The van der Waals surface area contributed by atoms with E-state index in [4.69, 9.17) is 4.74 Å². The molecule has 0 aliphatic carbocycles. The molecule has 0 radical (unpaired) electrons. The second-order valence-electron chi connectivity index (χ2n) is 4.75. The van der Waals surface area contributed by atoms with E-state index in [1.165, 1.54) is 29.0 Å². The Labute approximate surface area is 126 Å². The van der Waals surface area contributed by atoms with E-state index in [2.05, 4.69) is 4.98 Å². The number of hydrogen-bond acceptors (Lipinski definition) is 3. The van der Waals surface area contributed by atoms with E-state index in [9.17, 15) is 4.39 Å². The molecule has 1 heterocycles. The summed E-state index contributed by atoms with van der Waals surface area (Å²) in [5.41, 5.74) is 3.00. The lowest BCUT2D eigenvalue weighted by Gasteiger charge is -2.04. The van der Waals surface area contributed by atoms with Crippen LogP contribution in [-0.2, 0) is 6.61 Å². The smallest absolute Gasteiger partial charge is 0.131 e. The monoisotopic (exact) mass is 299 g/mol. The van der Waals surface area contributed by atoms with Crippen LogP contribution in [-0.4, -0.2) is 4.98 Å². The second kappa shape index (κ2) is 6.06. The Balaban J connectivity index is 1.67. The van der Waals surface area contributed by atoms with Crippen molar-refractivity contribution >= 4 is 11.3 Å². The first kappa shape index (κ1) is 13.8. The third kappa shape index (κ3) is 3.47. The van der Waals surface area contributed by atoms with Gasteiger partial charge in [-0.15, -0.1) is 11.3 Å². The number of thiazole rings is 1. The molecule has 4 heteroatoms. The second-order valence-corrected chi connectivity index (χ2v) is 5.61. The molecule has 21 heavy (non-hydrogen) atoms. The van der Waals surface area contributed by atoms with Crippen LogP contribution in [0.4, 0.5) is 4.39 Å². The van der Waals surface area contributed by atoms with E-state index >= 15 is 0 Å². The van der Waals surface area contributed by atoms with Gasteiger partial charge in [0.1, 0.15) is 23.2 Å². The van der Waals surface area contributed by atoms with Gasteiger partial charge in [-0.1, -0.05) is 17.7 Å². The predicted molar refractivity (Wildman–Crippen MR) is 83.0 cm³/mol. The Morgan fingerprint density at radius 2 is 1.76 bits per heavy atom. The SMILES string of the molecule is Cc1ccc(OCc2csc(-c3ccc(F)cc3)n2)cc1. The Morgan fingerprint density at radius 1 is 1.05 bits per heavy atom. The average Bonchev–Trinajstić information content (AvgIpc) is 2.96. The minimum Gasteiger partial charge on any atom is -0.487 e. The van der Waals surface area contributed by atoms with Gasteiger partial charge in [-0.2, -0.15) is 0 Å². The first-order valence-electron chi connectivity index (χ1n) is 6.60. The van der Waals surface area contributed by atoms with Crippen LogP contribution >= 0.6 is 11.3 Å². The van der Waals surface area contributed by atoms with Crippen LogP contribution in [0.5, 0.6) is 5.75 Å². The van der Waals surface area contributed by atoms with Gasteiger partial charge in [0.05, 0.1) is 5.69 Å². The third-order valence-electron chi connectivity index (χ3n) is 3.05. The minimum absolute atomic E-state index is 0.238. The van der Waals surface area contributed by atoms with Crippen molar-refractivity contribution in [3.8, 4) is 16.3 Å². The van der Waals surface area contributed by atoms with E-state index in [0.717, 1.165) is 22.0 Å². The van der Waals surface area contributed by atoms with Crippen LogP contribution in [0.2, 0.25) is 0 Å². The van der Waals surface area contributed by atoms with Gasteiger partial charge in [-0.05, 0) is 43.3 Å². The van der Waals surface area contributed by atoms with Gasteiger partial charge < -0.3 is 4.74 Å². The zero-order valence-corrected chi connectivity index (χ0v) is 12.4. The molecule has 0 saturated carbocycles. The maximum atomic E-state index is 12.9. The topological polar surface area (TPSA) is 22.1 Å². The molecule has 0 N–H and O–H groups in total. The van der Waals surface area contributed by atoms with Gasteiger partial charge in [0.25, 0.3) is 0 Å². The van der Waals surface area contributed by atoms with Crippen molar-refractivity contribution in [2.75, 3.05) is 0 Å². The third-order valence-corrected chi connectivity index (χ3v) is 3.99. The van der Waals surface area contributed by atoms with E-state index in [1.807, 2.05) is 36.6 Å². The Morgan fingerprint density at radius 3 is 2.48 bits per heavy atom. The predicted octanol–water partition coefficient (Wildman–Crippen LogP) is 4.84. The lowest BCUT2D eigenvalue weighted by Crippen LogP contribution is -1.95. The molecule has 106 valence electrons. The molecule has 0 amide bonds. The molecule has 2 nitrogen and oxygen atoms in total. The van der Waals surface area contributed by atoms with Crippen molar-refractivity contribution in [1.82, 2.24) is 4.98 Å². The summed E-state index contributed by atoms with van der Waals surface area (Å²) < 4.78 is 18.6. The maximum absolute atomic E-state index is 12.9. The molecule has 3 aromatic rings. The molecule has 2 aromatic carbocycles. The number of ether oxygens (including phenoxy) is 1. The number of hydrogen-bond donors (Lipinski definition) is 0. The Bertz CT molecular complexity index is 719. The van der Waals surface area contributed by atoms with Crippen molar-refractivity contribution in [3.05, 3.63) is 71.0 Å². The van der Waals surface area contributed by atoms with Gasteiger partial charge >= 0.3 is 0 Å². The zero-order chi connectivity index (χ0) is 14.7. The fourth-order valence-electron chi connectivity index (χ4n) is 1.89. The molecule has 0 unspecified atom stereocenters. The van der Waals surface area contributed by atoms with Crippen molar-refractivity contribution in [3.63, 3.8) is 0 Å². The number of aryl methyl sites for hydroxylation is 1. The zero-order valence-electron chi connectivity index (χ0n) is 11.5. The summed E-state index contributed by atoms with van der Waals surface area (Å²) in [6.07, 6.45) is 0. The maximum Gasteiger partial charge on any atom is 0.131 e. The molecular formula is C17H14FNOS. The number of rotatable bonds is 4. The molecule has 0 saturated heterocycles. The van der Waals surface area contributed by atoms with Crippen molar-refractivity contribution in [2.45, 2.75) is 13.5 Å². The minimum atomic E-state index is -0.238. The molecule has 3 rings (SSSR count). The van der Waals surface area contributed by atoms with Gasteiger partial charge in [0.15, 0.2) is 0 Å². The highest BCUT2D eigenvalue weighted by Crippen LogP contribution is 2.24. The Kier molecular flexibility index (Phi) is 3.97. The normalized spacial score (nSPS) is 10.6. The number of aromatic nitrogens is 1. The largest absolute Gasteiger partial charge is 0.487 e. The summed E-state index contributed by atoms with van der Waals surface area (Å²) in [4.78, 5) is 4.51. The standard InChI is InChI=1S/C17H14FNOS/c1-12-2-8-16(9-3-12)20-10-15-11-21-17(19-15)13-4-6-14(18)7-5-13/h2-9,11H,10H2,1H3. The van der Waals surface area contributed by atoms with E-state index < -0.39 is 0 Å². The highest BCUT2D eigenvalue weighted by Gasteiger charge is 2.05. The molecule has 0 fully saturated rings. The molecule has 1 aromatic heterocycles. The fourth-order valence-corrected chi connectivity index (χ4v) is 2.70. The lowest BCUT2D eigenvalue weighted by molar-refractivity contribution is 0.302. The van der Waals surface area contributed by atoms with Gasteiger partial charge in [-0.3, -0.25) is 0 Å². The summed E-state index contributed by atoms with van der Waals surface area (Å²) in [7, 11) is 0. The molecular weight excluding hydrogens is 285 g/mol. The van der Waals surface area contributed by atoms with Crippen LogP contribution in [0.3, 0.4) is 0 Å². The van der Waals surface area contributed by atoms with E-state index in [0.29, 0.717) is 6.61 Å². The van der Waals surface area contributed by atoms with Crippen LogP contribution in [0.1, 0.15) is 11.3 Å². The summed E-state index contributed by atoms with van der Waals surface area (Å²) in [6.45, 7) is 2.47. The van der Waals surface area contributed by atoms with Crippen LogP contribution in [0.15, 0.2) is 53.9 Å². The first-order chi connectivity index (χ1) is 10.2. The van der Waals surface area contributed by atoms with E-state index in [-0.39, 0.29) is 5.82 Å².